The smallest absolute Gasteiger partial charge is 0.232 e. The van der Waals surface area contributed by atoms with E-state index in [9.17, 15) is 4.79 Å². The van der Waals surface area contributed by atoms with Crippen LogP contribution in [0.2, 0.25) is 5.02 Å². The van der Waals surface area contributed by atoms with Gasteiger partial charge in [0, 0.05) is 10.7 Å². The summed E-state index contributed by atoms with van der Waals surface area (Å²) in [6.45, 7) is 0. The molecule has 1 aromatic rings. The van der Waals surface area contributed by atoms with Gasteiger partial charge in [-0.3, -0.25) is 4.79 Å². The Bertz CT molecular complexity index is 438. The largest absolute Gasteiger partial charge is 0.325 e. The van der Waals surface area contributed by atoms with Crippen molar-refractivity contribution >= 4 is 23.2 Å². The predicted molar refractivity (Wildman–Crippen MR) is 64.8 cm³/mol. The number of anilines is 1. The zero-order valence-corrected chi connectivity index (χ0v) is 9.76. The molecule has 1 amide bonds. The van der Waals surface area contributed by atoms with E-state index in [-0.39, 0.29) is 11.8 Å². The zero-order chi connectivity index (χ0) is 11.1. The highest BCUT2D eigenvalue weighted by Gasteiger charge is 2.37. The summed E-state index contributed by atoms with van der Waals surface area (Å²) in [7, 11) is 0. The molecule has 1 fully saturated rings. The monoisotopic (exact) mass is 235 g/mol. The maximum atomic E-state index is 12.0. The number of fused-ring (bicyclic) bond motifs is 1. The van der Waals surface area contributed by atoms with Crippen LogP contribution in [-0.4, -0.2) is 5.91 Å². The minimum Gasteiger partial charge on any atom is -0.325 e. The third-order valence-electron chi connectivity index (χ3n) is 3.76. The van der Waals surface area contributed by atoms with Crippen LogP contribution < -0.4 is 5.32 Å². The highest BCUT2D eigenvalue weighted by Crippen LogP contribution is 2.44. The number of halogens is 1. The molecule has 3 heteroatoms. The molecule has 2 nitrogen and oxygen atoms in total. The number of amides is 1. The Morgan fingerprint density at radius 3 is 2.75 bits per heavy atom. The van der Waals surface area contributed by atoms with Crippen LogP contribution in [0.3, 0.4) is 0 Å². The normalized spacial score (nSPS) is 24.6. The molecule has 0 radical (unpaired) electrons. The fourth-order valence-corrected chi connectivity index (χ4v) is 3.19. The van der Waals surface area contributed by atoms with E-state index >= 15 is 0 Å². The molecule has 16 heavy (non-hydrogen) atoms. The summed E-state index contributed by atoms with van der Waals surface area (Å²) in [6, 6.07) is 5.73. The lowest BCUT2D eigenvalue weighted by molar-refractivity contribution is -0.118. The molecule has 0 aromatic heterocycles. The second kappa shape index (κ2) is 3.77. The maximum absolute atomic E-state index is 12.0. The fraction of sp³-hybridized carbons (Fsp3) is 0.462. The minimum atomic E-state index is 0.0646. The molecule has 1 atom stereocenters. The highest BCUT2D eigenvalue weighted by molar-refractivity contribution is 6.31. The quantitative estimate of drug-likeness (QED) is 0.792. The third-order valence-corrected chi connectivity index (χ3v) is 4.00. The van der Waals surface area contributed by atoms with E-state index in [2.05, 4.69) is 5.32 Å². The van der Waals surface area contributed by atoms with Gasteiger partial charge in [0.2, 0.25) is 5.91 Å². The number of hydrogen-bond donors (Lipinski definition) is 1. The Hall–Kier alpha value is -1.02. The van der Waals surface area contributed by atoms with Gasteiger partial charge in [0.05, 0.1) is 5.92 Å². The first-order valence-corrected chi connectivity index (χ1v) is 6.24. The minimum absolute atomic E-state index is 0.0646. The van der Waals surface area contributed by atoms with Crippen LogP contribution in [0, 0.1) is 5.92 Å². The molecule has 1 saturated carbocycles. The molecule has 1 aromatic carbocycles. The Balaban J connectivity index is 1.98. The van der Waals surface area contributed by atoms with Crippen LogP contribution in [-0.2, 0) is 4.79 Å². The standard InChI is InChI=1S/C13H14ClNO/c14-9-5-6-10-11(7-9)15-13(16)12(10)8-3-1-2-4-8/h5-8,12H,1-4H2,(H,15,16). The molecule has 0 spiro atoms. The molecule has 1 N–H and O–H groups in total. The van der Waals surface area contributed by atoms with Crippen LogP contribution in [0.1, 0.15) is 37.2 Å². The van der Waals surface area contributed by atoms with Gasteiger partial charge in [-0.15, -0.1) is 0 Å². The number of carbonyl (C=O) groups excluding carboxylic acids is 1. The van der Waals surface area contributed by atoms with Crippen molar-refractivity contribution in [2.75, 3.05) is 5.32 Å². The van der Waals surface area contributed by atoms with Crippen molar-refractivity contribution in [1.82, 2.24) is 0 Å². The van der Waals surface area contributed by atoms with Crippen molar-refractivity contribution < 1.29 is 4.79 Å². The van der Waals surface area contributed by atoms with Gasteiger partial charge in [-0.05, 0) is 36.5 Å². The van der Waals surface area contributed by atoms with Crippen LogP contribution >= 0.6 is 11.6 Å². The molecule has 0 bridgehead atoms. The average Bonchev–Trinajstić information content (AvgIpc) is 2.83. The van der Waals surface area contributed by atoms with Crippen molar-refractivity contribution in [2.24, 2.45) is 5.92 Å². The van der Waals surface area contributed by atoms with Crippen LogP contribution in [0.25, 0.3) is 0 Å². The molecule has 1 heterocycles. The van der Waals surface area contributed by atoms with Crippen molar-refractivity contribution in [3.63, 3.8) is 0 Å². The first-order chi connectivity index (χ1) is 7.75. The van der Waals surface area contributed by atoms with E-state index in [0.29, 0.717) is 10.9 Å². The highest BCUT2D eigenvalue weighted by atomic mass is 35.5. The van der Waals surface area contributed by atoms with Gasteiger partial charge >= 0.3 is 0 Å². The molecular weight excluding hydrogens is 222 g/mol. The molecule has 84 valence electrons. The Morgan fingerprint density at radius 1 is 1.25 bits per heavy atom. The van der Waals surface area contributed by atoms with Crippen LogP contribution in [0.5, 0.6) is 0 Å². The van der Waals surface area contributed by atoms with Gasteiger partial charge in [-0.1, -0.05) is 30.5 Å². The second-order valence-electron chi connectivity index (χ2n) is 4.74. The number of nitrogens with one attached hydrogen (secondary N) is 1. The van der Waals surface area contributed by atoms with Gasteiger partial charge in [0.1, 0.15) is 0 Å². The first-order valence-electron chi connectivity index (χ1n) is 5.86. The predicted octanol–water partition coefficient (Wildman–Crippen LogP) is 3.57. The van der Waals surface area contributed by atoms with Gasteiger partial charge in [-0.25, -0.2) is 0 Å². The van der Waals surface area contributed by atoms with Crippen LogP contribution in [0.4, 0.5) is 5.69 Å². The van der Waals surface area contributed by atoms with E-state index < -0.39 is 0 Å². The summed E-state index contributed by atoms with van der Waals surface area (Å²) in [6.07, 6.45) is 4.88. The number of benzene rings is 1. The summed E-state index contributed by atoms with van der Waals surface area (Å²) in [5.41, 5.74) is 2.05. The van der Waals surface area contributed by atoms with E-state index in [1.165, 1.54) is 25.7 Å². The lowest BCUT2D eigenvalue weighted by atomic mass is 9.86. The summed E-state index contributed by atoms with van der Waals surface area (Å²) in [5.74, 6) is 0.751. The first kappa shape index (κ1) is 10.2. The van der Waals surface area contributed by atoms with E-state index in [1.54, 1.807) is 0 Å². The number of carbonyl (C=O) groups is 1. The number of rotatable bonds is 1. The molecule has 0 saturated heterocycles. The van der Waals surface area contributed by atoms with Crippen LogP contribution in [0.15, 0.2) is 18.2 Å². The van der Waals surface area contributed by atoms with Crippen molar-refractivity contribution in [2.45, 2.75) is 31.6 Å². The molecule has 1 aliphatic heterocycles. The van der Waals surface area contributed by atoms with Crippen molar-refractivity contribution in [3.05, 3.63) is 28.8 Å². The molecule has 1 aliphatic carbocycles. The maximum Gasteiger partial charge on any atom is 0.232 e. The lowest BCUT2D eigenvalue weighted by Crippen LogP contribution is -2.18. The molecule has 2 aliphatic rings. The molecular formula is C13H14ClNO. The molecule has 3 rings (SSSR count). The van der Waals surface area contributed by atoms with Crippen molar-refractivity contribution in [3.8, 4) is 0 Å². The summed E-state index contributed by atoms with van der Waals surface area (Å²) < 4.78 is 0. The Labute approximate surface area is 100.0 Å². The number of hydrogen-bond acceptors (Lipinski definition) is 1. The zero-order valence-electron chi connectivity index (χ0n) is 9.00. The van der Waals surface area contributed by atoms with E-state index in [1.807, 2.05) is 18.2 Å². The van der Waals surface area contributed by atoms with Gasteiger partial charge in [-0.2, -0.15) is 0 Å². The van der Waals surface area contributed by atoms with Gasteiger partial charge in [0.15, 0.2) is 0 Å². The van der Waals surface area contributed by atoms with Crippen molar-refractivity contribution in [1.29, 1.82) is 0 Å². The Morgan fingerprint density at radius 2 is 2.00 bits per heavy atom. The lowest BCUT2D eigenvalue weighted by Gasteiger charge is -2.16. The second-order valence-corrected chi connectivity index (χ2v) is 5.18. The average molecular weight is 236 g/mol. The third kappa shape index (κ3) is 1.52. The van der Waals surface area contributed by atoms with E-state index in [0.717, 1.165) is 11.3 Å². The van der Waals surface area contributed by atoms with Gasteiger partial charge in [0.25, 0.3) is 0 Å². The summed E-state index contributed by atoms with van der Waals surface area (Å²) in [4.78, 5) is 12.0. The SMILES string of the molecule is O=C1Nc2cc(Cl)ccc2C1C1CCCC1. The summed E-state index contributed by atoms with van der Waals surface area (Å²) >= 11 is 5.93. The Kier molecular flexibility index (Phi) is 2.40. The van der Waals surface area contributed by atoms with E-state index in [4.69, 9.17) is 11.6 Å². The fourth-order valence-electron chi connectivity index (χ4n) is 3.02. The van der Waals surface area contributed by atoms with Gasteiger partial charge < -0.3 is 5.32 Å². The summed E-state index contributed by atoms with van der Waals surface area (Å²) in [5, 5.41) is 3.63. The molecule has 1 unspecified atom stereocenters. The topological polar surface area (TPSA) is 29.1 Å².